The Morgan fingerprint density at radius 2 is 1.71 bits per heavy atom. The number of nitrogens with one attached hydrogen (secondary N) is 3. The number of anilines is 1. The van der Waals surface area contributed by atoms with Crippen molar-refractivity contribution in [2.75, 3.05) is 5.32 Å². The molecule has 3 rings (SSSR count). The number of thiocarbonyl (C=S) groups is 1. The lowest BCUT2D eigenvalue weighted by atomic mass is 9.92. The van der Waals surface area contributed by atoms with Crippen molar-refractivity contribution >= 4 is 28.9 Å². The standard InChI is InChI=1S/C23H27N3OS/c1-13(2)17-7-9-18(10-8-17)21-20(16(5)24-23(28)26-21)22(27)25-19-11-6-14(3)15(4)12-19/h6-13,21H,1-5H3,(H,25,27)(H2,24,26,28)/t21-/m0/s1. The van der Waals surface area contributed by atoms with Crippen LogP contribution in [0.4, 0.5) is 5.69 Å². The van der Waals surface area contributed by atoms with Gasteiger partial charge in [0.05, 0.1) is 11.6 Å². The number of aryl methyl sites for hydroxylation is 2. The van der Waals surface area contributed by atoms with Gasteiger partial charge < -0.3 is 16.0 Å². The summed E-state index contributed by atoms with van der Waals surface area (Å²) in [5.41, 5.74) is 6.82. The minimum Gasteiger partial charge on any atom is -0.351 e. The summed E-state index contributed by atoms with van der Waals surface area (Å²) in [4.78, 5) is 13.1. The molecular weight excluding hydrogens is 366 g/mol. The van der Waals surface area contributed by atoms with Crippen LogP contribution < -0.4 is 16.0 Å². The van der Waals surface area contributed by atoms with E-state index < -0.39 is 0 Å². The zero-order valence-electron chi connectivity index (χ0n) is 17.0. The first-order valence-electron chi connectivity index (χ1n) is 9.53. The van der Waals surface area contributed by atoms with Gasteiger partial charge in [-0.3, -0.25) is 4.79 Å². The predicted molar refractivity (Wildman–Crippen MR) is 119 cm³/mol. The first kappa shape index (κ1) is 20.1. The van der Waals surface area contributed by atoms with Gasteiger partial charge in [-0.25, -0.2) is 0 Å². The minimum atomic E-state index is -0.290. The van der Waals surface area contributed by atoms with Crippen LogP contribution in [-0.2, 0) is 4.79 Å². The minimum absolute atomic E-state index is 0.138. The molecule has 1 atom stereocenters. The first-order chi connectivity index (χ1) is 13.3. The molecule has 2 aromatic carbocycles. The van der Waals surface area contributed by atoms with E-state index in [1.807, 2.05) is 32.0 Å². The van der Waals surface area contributed by atoms with Gasteiger partial charge in [-0.05, 0) is 73.3 Å². The van der Waals surface area contributed by atoms with Crippen molar-refractivity contribution in [1.29, 1.82) is 0 Å². The van der Waals surface area contributed by atoms with Crippen LogP contribution in [0.2, 0.25) is 0 Å². The van der Waals surface area contributed by atoms with Crippen LogP contribution in [0, 0.1) is 13.8 Å². The fraction of sp³-hybridized carbons (Fsp3) is 0.304. The molecule has 0 spiro atoms. The molecule has 0 saturated carbocycles. The number of rotatable bonds is 4. The lowest BCUT2D eigenvalue weighted by molar-refractivity contribution is -0.113. The summed E-state index contributed by atoms with van der Waals surface area (Å²) in [6.45, 7) is 10.3. The number of hydrogen-bond donors (Lipinski definition) is 3. The molecule has 1 amide bonds. The van der Waals surface area contributed by atoms with E-state index in [2.05, 4.69) is 61.0 Å². The van der Waals surface area contributed by atoms with Gasteiger partial charge in [-0.15, -0.1) is 0 Å². The van der Waals surface area contributed by atoms with Crippen LogP contribution in [0.1, 0.15) is 55.0 Å². The molecule has 4 nitrogen and oxygen atoms in total. The average Bonchev–Trinajstić information content (AvgIpc) is 2.64. The molecule has 2 aromatic rings. The first-order valence-corrected chi connectivity index (χ1v) is 9.94. The van der Waals surface area contributed by atoms with Gasteiger partial charge in [0.1, 0.15) is 0 Å². The number of allylic oxidation sites excluding steroid dienone is 1. The molecule has 0 bridgehead atoms. The molecule has 0 aromatic heterocycles. The van der Waals surface area contributed by atoms with Gasteiger partial charge in [0.15, 0.2) is 5.11 Å². The molecule has 0 radical (unpaired) electrons. The highest BCUT2D eigenvalue weighted by Gasteiger charge is 2.30. The molecule has 0 unspecified atom stereocenters. The number of benzene rings is 2. The normalized spacial score (nSPS) is 16.6. The van der Waals surface area contributed by atoms with Gasteiger partial charge in [-0.2, -0.15) is 0 Å². The Hall–Kier alpha value is -2.66. The van der Waals surface area contributed by atoms with E-state index in [0.29, 0.717) is 16.6 Å². The van der Waals surface area contributed by atoms with Crippen molar-refractivity contribution in [3.05, 3.63) is 76.0 Å². The Kier molecular flexibility index (Phi) is 5.84. The fourth-order valence-corrected chi connectivity index (χ4v) is 3.61. The Balaban J connectivity index is 1.92. The topological polar surface area (TPSA) is 53.2 Å². The molecule has 0 saturated heterocycles. The van der Waals surface area contributed by atoms with Crippen LogP contribution in [0.5, 0.6) is 0 Å². The second kappa shape index (κ2) is 8.15. The maximum Gasteiger partial charge on any atom is 0.255 e. The highest BCUT2D eigenvalue weighted by Crippen LogP contribution is 2.29. The summed E-state index contributed by atoms with van der Waals surface area (Å²) >= 11 is 5.34. The average molecular weight is 394 g/mol. The zero-order chi connectivity index (χ0) is 20.4. The van der Waals surface area contributed by atoms with Crippen molar-refractivity contribution in [1.82, 2.24) is 10.6 Å². The van der Waals surface area contributed by atoms with Gasteiger partial charge in [-0.1, -0.05) is 44.2 Å². The van der Waals surface area contributed by atoms with E-state index in [1.165, 1.54) is 11.1 Å². The molecule has 1 heterocycles. The monoisotopic (exact) mass is 393 g/mol. The van der Waals surface area contributed by atoms with Crippen LogP contribution in [0.25, 0.3) is 0 Å². The van der Waals surface area contributed by atoms with E-state index >= 15 is 0 Å². The summed E-state index contributed by atoms with van der Waals surface area (Å²) in [6, 6.07) is 14.0. The molecule has 28 heavy (non-hydrogen) atoms. The Bertz CT molecular complexity index is 945. The van der Waals surface area contributed by atoms with Crippen molar-refractivity contribution in [2.45, 2.75) is 46.6 Å². The number of carbonyl (C=O) groups is 1. The number of carbonyl (C=O) groups excluding carboxylic acids is 1. The van der Waals surface area contributed by atoms with Crippen molar-refractivity contribution < 1.29 is 4.79 Å². The van der Waals surface area contributed by atoms with Crippen LogP contribution in [0.3, 0.4) is 0 Å². The van der Waals surface area contributed by atoms with Gasteiger partial charge >= 0.3 is 0 Å². The molecule has 1 aliphatic heterocycles. The number of amides is 1. The van der Waals surface area contributed by atoms with Gasteiger partial charge in [0.25, 0.3) is 5.91 Å². The SMILES string of the molecule is CC1=C(C(=O)Nc2ccc(C)c(C)c2)[C@H](c2ccc(C(C)C)cc2)NC(=S)N1. The highest BCUT2D eigenvalue weighted by molar-refractivity contribution is 7.80. The summed E-state index contributed by atoms with van der Waals surface area (Å²) in [6.07, 6.45) is 0. The lowest BCUT2D eigenvalue weighted by Gasteiger charge is -2.30. The Labute approximate surface area is 172 Å². The quantitative estimate of drug-likeness (QED) is 0.650. The molecule has 0 fully saturated rings. The van der Waals surface area contributed by atoms with Crippen LogP contribution in [0.15, 0.2) is 53.7 Å². The molecule has 1 aliphatic rings. The number of hydrogen-bond acceptors (Lipinski definition) is 2. The van der Waals surface area contributed by atoms with Gasteiger partial charge in [0.2, 0.25) is 0 Å². The third kappa shape index (κ3) is 4.25. The molecule has 0 aliphatic carbocycles. The third-order valence-corrected chi connectivity index (χ3v) is 5.43. The van der Waals surface area contributed by atoms with Crippen LogP contribution >= 0.6 is 12.2 Å². The maximum atomic E-state index is 13.1. The molecular formula is C23H27N3OS. The Morgan fingerprint density at radius 1 is 1.04 bits per heavy atom. The van der Waals surface area contributed by atoms with E-state index in [0.717, 1.165) is 22.5 Å². The summed E-state index contributed by atoms with van der Waals surface area (Å²) in [5, 5.41) is 9.90. The third-order valence-electron chi connectivity index (χ3n) is 5.22. The predicted octanol–water partition coefficient (Wildman–Crippen LogP) is 4.86. The highest BCUT2D eigenvalue weighted by atomic mass is 32.1. The van der Waals surface area contributed by atoms with Crippen molar-refractivity contribution in [3.63, 3.8) is 0 Å². The van der Waals surface area contributed by atoms with Crippen molar-refractivity contribution in [3.8, 4) is 0 Å². The van der Waals surface area contributed by atoms with E-state index in [1.54, 1.807) is 0 Å². The fourth-order valence-electron chi connectivity index (χ4n) is 3.34. The van der Waals surface area contributed by atoms with E-state index in [-0.39, 0.29) is 11.9 Å². The summed E-state index contributed by atoms with van der Waals surface area (Å²) in [7, 11) is 0. The summed E-state index contributed by atoms with van der Waals surface area (Å²) in [5.74, 6) is 0.321. The zero-order valence-corrected chi connectivity index (χ0v) is 17.8. The summed E-state index contributed by atoms with van der Waals surface area (Å²) < 4.78 is 0. The lowest BCUT2D eigenvalue weighted by Crippen LogP contribution is -2.45. The molecule has 146 valence electrons. The maximum absolute atomic E-state index is 13.1. The van der Waals surface area contributed by atoms with E-state index in [4.69, 9.17) is 12.2 Å². The van der Waals surface area contributed by atoms with Crippen molar-refractivity contribution in [2.24, 2.45) is 0 Å². The molecule has 3 N–H and O–H groups in total. The Morgan fingerprint density at radius 3 is 2.32 bits per heavy atom. The van der Waals surface area contributed by atoms with E-state index in [9.17, 15) is 4.79 Å². The second-order valence-electron chi connectivity index (χ2n) is 7.64. The van der Waals surface area contributed by atoms with Gasteiger partial charge in [0, 0.05) is 11.4 Å². The second-order valence-corrected chi connectivity index (χ2v) is 8.05. The smallest absolute Gasteiger partial charge is 0.255 e. The largest absolute Gasteiger partial charge is 0.351 e. The molecule has 5 heteroatoms. The van der Waals surface area contributed by atoms with Crippen LogP contribution in [-0.4, -0.2) is 11.0 Å².